The van der Waals surface area contributed by atoms with E-state index in [0.717, 1.165) is 19.3 Å². The largest absolute Gasteiger partial charge is 0.462 e. The molecule has 1 aliphatic rings. The van der Waals surface area contributed by atoms with Gasteiger partial charge in [0, 0.05) is 0 Å². The van der Waals surface area contributed by atoms with E-state index in [1.807, 2.05) is 6.92 Å². The number of carbonyl (C=O) groups excluding carboxylic acids is 1. The first-order valence-corrected chi connectivity index (χ1v) is 7.09. The van der Waals surface area contributed by atoms with Gasteiger partial charge in [0.15, 0.2) is 0 Å². The SMILES string of the molecule is CCCCCCC(C)OC(=O)C(N)CC1CC1. The number of esters is 1. The van der Waals surface area contributed by atoms with Crippen LogP contribution < -0.4 is 5.73 Å². The fourth-order valence-corrected chi connectivity index (χ4v) is 2.01. The lowest BCUT2D eigenvalue weighted by atomic mass is 10.1. The molecule has 2 atom stereocenters. The van der Waals surface area contributed by atoms with Gasteiger partial charge in [0.05, 0.1) is 6.10 Å². The van der Waals surface area contributed by atoms with Gasteiger partial charge >= 0.3 is 5.97 Å². The minimum absolute atomic E-state index is 0.0182. The molecule has 3 nitrogen and oxygen atoms in total. The molecule has 1 saturated carbocycles. The topological polar surface area (TPSA) is 52.3 Å². The Kier molecular flexibility index (Phi) is 6.56. The molecule has 17 heavy (non-hydrogen) atoms. The highest BCUT2D eigenvalue weighted by molar-refractivity contribution is 5.75. The normalized spacial score (nSPS) is 18.8. The molecule has 0 spiro atoms. The van der Waals surface area contributed by atoms with Gasteiger partial charge in [0.25, 0.3) is 0 Å². The Morgan fingerprint density at radius 3 is 2.65 bits per heavy atom. The molecule has 1 rings (SSSR count). The maximum absolute atomic E-state index is 11.7. The van der Waals surface area contributed by atoms with Crippen LogP contribution in [0.4, 0.5) is 0 Å². The van der Waals surface area contributed by atoms with Crippen molar-refractivity contribution in [3.8, 4) is 0 Å². The zero-order valence-corrected chi connectivity index (χ0v) is 11.3. The maximum atomic E-state index is 11.7. The van der Waals surface area contributed by atoms with E-state index >= 15 is 0 Å². The minimum Gasteiger partial charge on any atom is -0.462 e. The lowest BCUT2D eigenvalue weighted by Gasteiger charge is -2.16. The van der Waals surface area contributed by atoms with Gasteiger partial charge in [-0.15, -0.1) is 0 Å². The number of hydrogen-bond donors (Lipinski definition) is 1. The fourth-order valence-electron chi connectivity index (χ4n) is 2.01. The quantitative estimate of drug-likeness (QED) is 0.498. The van der Waals surface area contributed by atoms with Crippen molar-refractivity contribution in [1.29, 1.82) is 0 Å². The molecule has 0 amide bonds. The second-order valence-corrected chi connectivity index (χ2v) is 5.38. The molecule has 3 heteroatoms. The molecule has 0 aliphatic heterocycles. The molecule has 1 aliphatic carbocycles. The van der Waals surface area contributed by atoms with Crippen LogP contribution in [-0.2, 0) is 9.53 Å². The maximum Gasteiger partial charge on any atom is 0.323 e. The molecule has 0 aromatic heterocycles. The first kappa shape index (κ1) is 14.5. The summed E-state index contributed by atoms with van der Waals surface area (Å²) in [5.41, 5.74) is 5.81. The number of rotatable bonds is 9. The van der Waals surface area contributed by atoms with Crippen LogP contribution in [0.5, 0.6) is 0 Å². The molecule has 0 aromatic rings. The summed E-state index contributed by atoms with van der Waals surface area (Å²) in [5, 5.41) is 0. The van der Waals surface area contributed by atoms with E-state index in [-0.39, 0.29) is 12.1 Å². The van der Waals surface area contributed by atoms with Crippen LogP contribution in [0.15, 0.2) is 0 Å². The van der Waals surface area contributed by atoms with Crippen molar-refractivity contribution >= 4 is 5.97 Å². The number of hydrogen-bond acceptors (Lipinski definition) is 3. The molecule has 0 aromatic carbocycles. The van der Waals surface area contributed by atoms with Crippen molar-refractivity contribution in [2.24, 2.45) is 11.7 Å². The van der Waals surface area contributed by atoms with E-state index in [2.05, 4.69) is 6.92 Å². The van der Waals surface area contributed by atoms with Crippen molar-refractivity contribution in [3.05, 3.63) is 0 Å². The molecule has 1 fully saturated rings. The van der Waals surface area contributed by atoms with Gasteiger partial charge in [-0.3, -0.25) is 4.79 Å². The number of unbranched alkanes of at least 4 members (excludes halogenated alkanes) is 3. The van der Waals surface area contributed by atoms with E-state index in [4.69, 9.17) is 10.5 Å². The Balaban J connectivity index is 2.06. The third-order valence-electron chi connectivity index (χ3n) is 3.37. The average Bonchev–Trinajstić information content (AvgIpc) is 3.08. The fraction of sp³-hybridized carbons (Fsp3) is 0.929. The van der Waals surface area contributed by atoms with Gasteiger partial charge in [0.1, 0.15) is 6.04 Å². The number of ether oxygens (including phenoxy) is 1. The van der Waals surface area contributed by atoms with Gasteiger partial charge in [-0.1, -0.05) is 39.0 Å². The van der Waals surface area contributed by atoms with Crippen molar-refractivity contribution in [2.45, 2.75) is 77.4 Å². The summed E-state index contributed by atoms with van der Waals surface area (Å²) in [6.45, 7) is 4.16. The van der Waals surface area contributed by atoms with Crippen LogP contribution in [0, 0.1) is 5.92 Å². The van der Waals surface area contributed by atoms with Gasteiger partial charge in [-0.25, -0.2) is 0 Å². The first-order chi connectivity index (χ1) is 8.13. The predicted molar refractivity (Wildman–Crippen MR) is 69.6 cm³/mol. The van der Waals surface area contributed by atoms with Crippen LogP contribution in [0.2, 0.25) is 0 Å². The van der Waals surface area contributed by atoms with Crippen molar-refractivity contribution < 1.29 is 9.53 Å². The zero-order chi connectivity index (χ0) is 12.7. The Morgan fingerprint density at radius 1 is 1.35 bits per heavy atom. The van der Waals surface area contributed by atoms with Crippen molar-refractivity contribution in [3.63, 3.8) is 0 Å². The van der Waals surface area contributed by atoms with E-state index in [0.29, 0.717) is 5.92 Å². The summed E-state index contributed by atoms with van der Waals surface area (Å²) in [5.74, 6) is 0.470. The summed E-state index contributed by atoms with van der Waals surface area (Å²) in [4.78, 5) is 11.7. The summed E-state index contributed by atoms with van der Waals surface area (Å²) < 4.78 is 5.36. The molecule has 0 heterocycles. The summed E-state index contributed by atoms with van der Waals surface area (Å²) in [7, 11) is 0. The highest BCUT2D eigenvalue weighted by atomic mass is 16.5. The molecule has 0 radical (unpaired) electrons. The third-order valence-corrected chi connectivity index (χ3v) is 3.37. The molecule has 100 valence electrons. The van der Waals surface area contributed by atoms with Crippen molar-refractivity contribution in [2.75, 3.05) is 0 Å². The number of carbonyl (C=O) groups is 1. The molecule has 0 saturated heterocycles. The van der Waals surface area contributed by atoms with Gasteiger partial charge in [-0.05, 0) is 32.1 Å². The van der Waals surface area contributed by atoms with Crippen LogP contribution in [0.1, 0.15) is 65.2 Å². The van der Waals surface area contributed by atoms with Gasteiger partial charge in [0.2, 0.25) is 0 Å². The van der Waals surface area contributed by atoms with E-state index in [1.54, 1.807) is 0 Å². The second kappa shape index (κ2) is 7.70. The zero-order valence-electron chi connectivity index (χ0n) is 11.3. The smallest absolute Gasteiger partial charge is 0.323 e. The predicted octanol–water partition coefficient (Wildman–Crippen LogP) is 3.02. The van der Waals surface area contributed by atoms with Crippen LogP contribution in [0.3, 0.4) is 0 Å². The van der Waals surface area contributed by atoms with Crippen molar-refractivity contribution in [1.82, 2.24) is 0 Å². The number of nitrogens with two attached hydrogens (primary N) is 1. The lowest BCUT2D eigenvalue weighted by Crippen LogP contribution is -2.34. The summed E-state index contributed by atoms with van der Waals surface area (Å²) >= 11 is 0. The van der Waals surface area contributed by atoms with Gasteiger partial charge in [-0.2, -0.15) is 0 Å². The van der Waals surface area contributed by atoms with Crippen LogP contribution >= 0.6 is 0 Å². The summed E-state index contributed by atoms with van der Waals surface area (Å²) in [6.07, 6.45) is 9.11. The minimum atomic E-state index is -0.402. The Morgan fingerprint density at radius 2 is 2.06 bits per heavy atom. The van der Waals surface area contributed by atoms with Gasteiger partial charge < -0.3 is 10.5 Å². The Labute approximate surface area is 105 Å². The Bertz CT molecular complexity index is 226. The average molecular weight is 241 g/mol. The molecular formula is C14H27NO2. The standard InChI is InChI=1S/C14H27NO2/c1-3-4-5-6-7-11(2)17-14(16)13(15)10-12-8-9-12/h11-13H,3-10,15H2,1-2H3. The summed E-state index contributed by atoms with van der Waals surface area (Å²) in [6, 6.07) is -0.402. The lowest BCUT2D eigenvalue weighted by molar-refractivity contribution is -0.150. The first-order valence-electron chi connectivity index (χ1n) is 7.09. The van der Waals surface area contributed by atoms with E-state index in [1.165, 1.54) is 32.1 Å². The monoisotopic (exact) mass is 241 g/mol. The highest BCUT2D eigenvalue weighted by Gasteiger charge is 2.28. The molecule has 2 unspecified atom stereocenters. The Hall–Kier alpha value is -0.570. The molecule has 2 N–H and O–H groups in total. The van der Waals surface area contributed by atoms with E-state index in [9.17, 15) is 4.79 Å². The molecular weight excluding hydrogens is 214 g/mol. The second-order valence-electron chi connectivity index (χ2n) is 5.38. The third kappa shape index (κ3) is 6.67. The van der Waals surface area contributed by atoms with Crippen LogP contribution in [0.25, 0.3) is 0 Å². The molecule has 0 bridgehead atoms. The van der Waals surface area contributed by atoms with E-state index < -0.39 is 6.04 Å². The highest BCUT2D eigenvalue weighted by Crippen LogP contribution is 2.33. The van der Waals surface area contributed by atoms with Crippen LogP contribution in [-0.4, -0.2) is 18.1 Å².